The zero-order chi connectivity index (χ0) is 14.8. The molecular formula is C15H16O5. The molecule has 1 rings (SSSR count). The smallest absolute Gasteiger partial charge is 0.335 e. The van der Waals surface area contributed by atoms with E-state index in [4.69, 9.17) is 14.2 Å². The molecule has 5 heteroatoms. The molecular weight excluding hydrogens is 260 g/mol. The average molecular weight is 276 g/mol. The van der Waals surface area contributed by atoms with Crippen molar-refractivity contribution in [1.82, 2.24) is 0 Å². The Morgan fingerprint density at radius 1 is 0.950 bits per heavy atom. The number of hydrogen-bond acceptors (Lipinski definition) is 5. The van der Waals surface area contributed by atoms with Gasteiger partial charge in [-0.2, -0.15) is 0 Å². The van der Waals surface area contributed by atoms with E-state index in [1.54, 1.807) is 24.3 Å². The molecule has 0 aliphatic carbocycles. The molecule has 0 spiro atoms. The fourth-order valence-corrected chi connectivity index (χ4v) is 1.24. The van der Waals surface area contributed by atoms with Gasteiger partial charge in [-0.05, 0) is 24.3 Å². The highest BCUT2D eigenvalue weighted by Gasteiger charge is 2.01. The predicted molar refractivity (Wildman–Crippen MR) is 73.5 cm³/mol. The van der Waals surface area contributed by atoms with Crippen LogP contribution in [-0.4, -0.2) is 25.2 Å². The Morgan fingerprint density at radius 2 is 1.55 bits per heavy atom. The lowest BCUT2D eigenvalue weighted by molar-refractivity contribution is -0.138. The minimum absolute atomic E-state index is 0.278. The van der Waals surface area contributed by atoms with E-state index >= 15 is 0 Å². The first kappa shape index (κ1) is 15.5. The largest absolute Gasteiger partial charge is 0.493 e. The standard InChI is InChI=1S/C15H16O5/c1-3-14(16)19-11-5-10-18-12-6-8-13(9-7-12)20-15(17)4-2/h3-4,6-9H,1-2,5,10-11H2. The van der Waals surface area contributed by atoms with Crippen LogP contribution in [0.25, 0.3) is 0 Å². The lowest BCUT2D eigenvalue weighted by Gasteiger charge is -2.07. The van der Waals surface area contributed by atoms with Crippen molar-refractivity contribution in [2.24, 2.45) is 0 Å². The molecule has 0 bridgehead atoms. The Kier molecular flexibility index (Phi) is 6.61. The van der Waals surface area contributed by atoms with Crippen LogP contribution in [0.3, 0.4) is 0 Å². The van der Waals surface area contributed by atoms with Crippen LogP contribution in [0.2, 0.25) is 0 Å². The molecule has 0 aliphatic rings. The van der Waals surface area contributed by atoms with Gasteiger partial charge in [0.05, 0.1) is 13.2 Å². The van der Waals surface area contributed by atoms with E-state index in [9.17, 15) is 9.59 Å². The summed E-state index contributed by atoms with van der Waals surface area (Å²) in [5.41, 5.74) is 0. The van der Waals surface area contributed by atoms with Gasteiger partial charge in [-0.15, -0.1) is 0 Å². The van der Waals surface area contributed by atoms with Crippen LogP contribution in [0, 0.1) is 0 Å². The molecule has 5 nitrogen and oxygen atoms in total. The van der Waals surface area contributed by atoms with Gasteiger partial charge in [0.25, 0.3) is 0 Å². The van der Waals surface area contributed by atoms with Gasteiger partial charge in [-0.1, -0.05) is 13.2 Å². The third-order valence-electron chi connectivity index (χ3n) is 2.18. The zero-order valence-corrected chi connectivity index (χ0v) is 11.0. The van der Waals surface area contributed by atoms with Crippen molar-refractivity contribution >= 4 is 11.9 Å². The summed E-state index contributed by atoms with van der Waals surface area (Å²) in [7, 11) is 0. The monoisotopic (exact) mass is 276 g/mol. The average Bonchev–Trinajstić information content (AvgIpc) is 2.48. The number of rotatable bonds is 8. The molecule has 0 radical (unpaired) electrons. The van der Waals surface area contributed by atoms with Crippen molar-refractivity contribution in [3.8, 4) is 11.5 Å². The summed E-state index contributed by atoms with van der Waals surface area (Å²) in [6, 6.07) is 6.60. The summed E-state index contributed by atoms with van der Waals surface area (Å²) in [5, 5.41) is 0. The molecule has 0 saturated heterocycles. The van der Waals surface area contributed by atoms with Crippen molar-refractivity contribution in [2.45, 2.75) is 6.42 Å². The summed E-state index contributed by atoms with van der Waals surface area (Å²) in [6.45, 7) is 7.29. The highest BCUT2D eigenvalue weighted by atomic mass is 16.5. The van der Waals surface area contributed by atoms with Crippen molar-refractivity contribution in [2.75, 3.05) is 13.2 Å². The van der Waals surface area contributed by atoms with Gasteiger partial charge in [0.1, 0.15) is 11.5 Å². The Morgan fingerprint density at radius 3 is 2.15 bits per heavy atom. The molecule has 0 atom stereocenters. The Balaban J connectivity index is 2.27. The minimum Gasteiger partial charge on any atom is -0.493 e. The van der Waals surface area contributed by atoms with Crippen molar-refractivity contribution < 1.29 is 23.8 Å². The first-order valence-corrected chi connectivity index (χ1v) is 6.02. The summed E-state index contributed by atoms with van der Waals surface area (Å²) in [5.74, 6) is 0.0988. The van der Waals surface area contributed by atoms with Gasteiger partial charge in [-0.3, -0.25) is 0 Å². The van der Waals surface area contributed by atoms with Gasteiger partial charge < -0.3 is 14.2 Å². The van der Waals surface area contributed by atoms with E-state index in [2.05, 4.69) is 13.2 Å². The fraction of sp³-hybridized carbons (Fsp3) is 0.200. The summed E-state index contributed by atoms with van der Waals surface area (Å²) < 4.78 is 15.2. The minimum atomic E-state index is -0.511. The predicted octanol–water partition coefficient (Wildman–Crippen LogP) is 2.28. The Hall–Kier alpha value is -2.56. The lowest BCUT2D eigenvalue weighted by Crippen LogP contribution is -2.06. The molecule has 0 heterocycles. The normalized spacial score (nSPS) is 9.40. The van der Waals surface area contributed by atoms with Gasteiger partial charge in [-0.25, -0.2) is 9.59 Å². The number of carbonyl (C=O) groups excluding carboxylic acids is 2. The first-order valence-electron chi connectivity index (χ1n) is 6.02. The van der Waals surface area contributed by atoms with Crippen molar-refractivity contribution in [3.63, 3.8) is 0 Å². The summed E-state index contributed by atoms with van der Waals surface area (Å²) >= 11 is 0. The van der Waals surface area contributed by atoms with Crippen molar-refractivity contribution in [1.29, 1.82) is 0 Å². The van der Waals surface area contributed by atoms with E-state index in [1.165, 1.54) is 0 Å². The van der Waals surface area contributed by atoms with Crippen LogP contribution >= 0.6 is 0 Å². The first-order chi connectivity index (χ1) is 9.65. The number of carbonyl (C=O) groups is 2. The molecule has 0 N–H and O–H groups in total. The number of esters is 2. The molecule has 20 heavy (non-hydrogen) atoms. The lowest BCUT2D eigenvalue weighted by atomic mass is 10.3. The topological polar surface area (TPSA) is 61.8 Å². The third-order valence-corrected chi connectivity index (χ3v) is 2.18. The number of hydrogen-bond donors (Lipinski definition) is 0. The van der Waals surface area contributed by atoms with E-state index in [0.29, 0.717) is 24.5 Å². The van der Waals surface area contributed by atoms with Crippen LogP contribution in [-0.2, 0) is 14.3 Å². The van der Waals surface area contributed by atoms with Gasteiger partial charge in [0, 0.05) is 18.6 Å². The van der Waals surface area contributed by atoms with Gasteiger partial charge in [0.15, 0.2) is 0 Å². The Bertz CT molecular complexity index is 476. The number of benzene rings is 1. The van der Waals surface area contributed by atoms with Crippen LogP contribution in [0.15, 0.2) is 49.6 Å². The SMILES string of the molecule is C=CC(=O)OCCCOc1ccc(OC(=O)C=C)cc1. The van der Waals surface area contributed by atoms with Crippen LogP contribution in [0.4, 0.5) is 0 Å². The maximum absolute atomic E-state index is 11.0. The molecule has 106 valence electrons. The van der Waals surface area contributed by atoms with Gasteiger partial charge >= 0.3 is 11.9 Å². The van der Waals surface area contributed by atoms with Crippen LogP contribution < -0.4 is 9.47 Å². The van der Waals surface area contributed by atoms with Crippen molar-refractivity contribution in [3.05, 3.63) is 49.6 Å². The second-order valence-corrected chi connectivity index (χ2v) is 3.67. The molecule has 0 amide bonds. The second-order valence-electron chi connectivity index (χ2n) is 3.67. The Labute approximate surface area is 117 Å². The van der Waals surface area contributed by atoms with Crippen LogP contribution in [0.5, 0.6) is 11.5 Å². The van der Waals surface area contributed by atoms with Crippen LogP contribution in [0.1, 0.15) is 6.42 Å². The fourth-order valence-electron chi connectivity index (χ4n) is 1.24. The molecule has 0 unspecified atom stereocenters. The van der Waals surface area contributed by atoms with Gasteiger partial charge in [0.2, 0.25) is 0 Å². The highest BCUT2D eigenvalue weighted by Crippen LogP contribution is 2.17. The second kappa shape index (κ2) is 8.53. The maximum Gasteiger partial charge on any atom is 0.335 e. The third kappa shape index (κ3) is 5.86. The molecule has 1 aromatic rings. The highest BCUT2D eigenvalue weighted by molar-refractivity contribution is 5.83. The zero-order valence-electron chi connectivity index (χ0n) is 11.0. The van der Waals surface area contributed by atoms with E-state index < -0.39 is 11.9 Å². The van der Waals surface area contributed by atoms with E-state index in [1.807, 2.05) is 0 Å². The quantitative estimate of drug-likeness (QED) is 0.315. The number of ether oxygens (including phenoxy) is 3. The molecule has 0 fully saturated rings. The van der Waals surface area contributed by atoms with E-state index in [-0.39, 0.29) is 6.61 Å². The molecule has 0 aromatic heterocycles. The van der Waals surface area contributed by atoms with E-state index in [0.717, 1.165) is 12.2 Å². The summed E-state index contributed by atoms with van der Waals surface area (Å²) in [4.78, 5) is 21.7. The maximum atomic E-state index is 11.0. The molecule has 0 saturated carbocycles. The molecule has 0 aliphatic heterocycles. The summed E-state index contributed by atoms with van der Waals surface area (Å²) in [6.07, 6.45) is 2.78. The molecule has 1 aromatic carbocycles.